The van der Waals surface area contributed by atoms with Crippen LogP contribution < -0.4 is 5.32 Å². The zero-order valence-electron chi connectivity index (χ0n) is 13.0. The zero-order valence-corrected chi connectivity index (χ0v) is 13.0. The predicted octanol–water partition coefficient (Wildman–Crippen LogP) is 3.03. The van der Waals surface area contributed by atoms with E-state index in [2.05, 4.69) is 17.2 Å². The van der Waals surface area contributed by atoms with Gasteiger partial charge in [0.15, 0.2) is 0 Å². The van der Waals surface area contributed by atoms with E-state index >= 15 is 0 Å². The molecule has 21 heavy (non-hydrogen) atoms. The number of hydrogen-bond donors (Lipinski definition) is 3. The van der Waals surface area contributed by atoms with E-state index in [9.17, 15) is 9.59 Å². The maximum absolute atomic E-state index is 12.5. The summed E-state index contributed by atoms with van der Waals surface area (Å²) in [6.07, 6.45) is 5.62. The van der Waals surface area contributed by atoms with Crippen LogP contribution in [-0.4, -0.2) is 28.0 Å². The summed E-state index contributed by atoms with van der Waals surface area (Å²) in [6, 6.07) is 0.207. The van der Waals surface area contributed by atoms with E-state index in [-0.39, 0.29) is 17.6 Å². The molecule has 2 atom stereocenters. The molecule has 1 amide bonds. The lowest BCUT2D eigenvalue weighted by atomic mass is 9.82. The van der Waals surface area contributed by atoms with Crippen molar-refractivity contribution in [1.29, 1.82) is 0 Å². The Morgan fingerprint density at radius 3 is 2.52 bits per heavy atom. The molecule has 116 valence electrons. The Morgan fingerprint density at radius 2 is 1.95 bits per heavy atom. The van der Waals surface area contributed by atoms with Crippen LogP contribution in [0.5, 0.6) is 0 Å². The first-order valence-electron chi connectivity index (χ1n) is 7.69. The van der Waals surface area contributed by atoms with Gasteiger partial charge in [0.25, 0.3) is 5.91 Å². The van der Waals surface area contributed by atoms with Gasteiger partial charge in [-0.15, -0.1) is 0 Å². The predicted molar refractivity (Wildman–Crippen MR) is 80.7 cm³/mol. The van der Waals surface area contributed by atoms with Crippen molar-refractivity contribution < 1.29 is 14.7 Å². The average Bonchev–Trinajstić information content (AvgIpc) is 2.74. The van der Waals surface area contributed by atoms with Crippen LogP contribution in [0.15, 0.2) is 0 Å². The molecule has 2 unspecified atom stereocenters. The molecule has 1 aromatic rings. The first-order valence-corrected chi connectivity index (χ1v) is 7.69. The van der Waals surface area contributed by atoms with Crippen LogP contribution in [0.2, 0.25) is 0 Å². The number of aryl methyl sites for hydroxylation is 1. The van der Waals surface area contributed by atoms with Gasteiger partial charge in [-0.05, 0) is 38.2 Å². The van der Waals surface area contributed by atoms with Crippen LogP contribution in [0.1, 0.15) is 71.1 Å². The van der Waals surface area contributed by atoms with Crippen LogP contribution in [0, 0.1) is 19.8 Å². The van der Waals surface area contributed by atoms with Gasteiger partial charge in [-0.2, -0.15) is 0 Å². The summed E-state index contributed by atoms with van der Waals surface area (Å²) in [5, 5.41) is 12.2. The van der Waals surface area contributed by atoms with Gasteiger partial charge in [0.1, 0.15) is 5.69 Å². The van der Waals surface area contributed by atoms with Gasteiger partial charge in [-0.3, -0.25) is 4.79 Å². The van der Waals surface area contributed by atoms with Crippen LogP contribution in [0.25, 0.3) is 0 Å². The summed E-state index contributed by atoms with van der Waals surface area (Å²) in [5.74, 6) is -0.654. The van der Waals surface area contributed by atoms with Crippen LogP contribution in [0.4, 0.5) is 0 Å². The molecule has 5 heteroatoms. The van der Waals surface area contributed by atoms with E-state index < -0.39 is 5.97 Å². The highest BCUT2D eigenvalue weighted by molar-refractivity contribution is 6.00. The van der Waals surface area contributed by atoms with Gasteiger partial charge < -0.3 is 15.4 Å². The van der Waals surface area contributed by atoms with Gasteiger partial charge in [-0.25, -0.2) is 4.79 Å². The quantitative estimate of drug-likeness (QED) is 0.797. The second-order valence-corrected chi connectivity index (χ2v) is 5.96. The maximum atomic E-state index is 12.5. The van der Waals surface area contributed by atoms with Crippen molar-refractivity contribution in [2.45, 2.75) is 58.9 Å². The average molecular weight is 292 g/mol. The van der Waals surface area contributed by atoms with E-state index in [0.29, 0.717) is 22.7 Å². The minimum absolute atomic E-state index is 0.105. The summed E-state index contributed by atoms with van der Waals surface area (Å²) in [7, 11) is 0. The number of carbonyl (C=O) groups excluding carboxylic acids is 1. The molecule has 1 aliphatic carbocycles. The Balaban J connectivity index is 2.18. The van der Waals surface area contributed by atoms with E-state index in [4.69, 9.17) is 5.11 Å². The van der Waals surface area contributed by atoms with Crippen LogP contribution in [-0.2, 0) is 0 Å². The highest BCUT2D eigenvalue weighted by Gasteiger charge is 2.28. The number of rotatable bonds is 4. The molecule has 0 spiro atoms. The highest BCUT2D eigenvalue weighted by atomic mass is 16.4. The third-order valence-corrected chi connectivity index (χ3v) is 4.63. The number of amides is 1. The van der Waals surface area contributed by atoms with Crippen molar-refractivity contribution >= 4 is 11.9 Å². The first-order chi connectivity index (χ1) is 9.95. The van der Waals surface area contributed by atoms with Crippen molar-refractivity contribution in [3.05, 3.63) is 22.5 Å². The number of aromatic amines is 1. The lowest BCUT2D eigenvalue weighted by Gasteiger charge is -2.31. The SMILES string of the molecule is CCC1CCCCC1NC(=O)c1c(C)[nH]c(C(=O)O)c1C. The molecule has 1 saturated carbocycles. The van der Waals surface area contributed by atoms with Crippen molar-refractivity contribution in [2.24, 2.45) is 5.92 Å². The number of nitrogens with one attached hydrogen (secondary N) is 2. The van der Waals surface area contributed by atoms with E-state index in [0.717, 1.165) is 25.7 Å². The smallest absolute Gasteiger partial charge is 0.352 e. The van der Waals surface area contributed by atoms with E-state index in [1.165, 1.54) is 6.42 Å². The Labute approximate surface area is 125 Å². The summed E-state index contributed by atoms with van der Waals surface area (Å²) >= 11 is 0. The van der Waals surface area contributed by atoms with Gasteiger partial charge >= 0.3 is 5.97 Å². The largest absolute Gasteiger partial charge is 0.477 e. The van der Waals surface area contributed by atoms with E-state index in [1.54, 1.807) is 13.8 Å². The summed E-state index contributed by atoms with van der Waals surface area (Å²) in [4.78, 5) is 26.5. The number of carboxylic acids is 1. The summed E-state index contributed by atoms with van der Waals surface area (Å²) in [5.41, 5.74) is 1.72. The molecule has 1 aliphatic rings. The number of aromatic carboxylic acids is 1. The molecule has 3 N–H and O–H groups in total. The number of carboxylic acid groups (broad SMARTS) is 1. The normalized spacial score (nSPS) is 22.0. The molecule has 1 heterocycles. The van der Waals surface area contributed by atoms with Crippen molar-refractivity contribution in [2.75, 3.05) is 0 Å². The van der Waals surface area contributed by atoms with Crippen LogP contribution in [0.3, 0.4) is 0 Å². The second kappa shape index (κ2) is 6.33. The minimum atomic E-state index is -1.03. The zero-order chi connectivity index (χ0) is 15.6. The summed E-state index contributed by atoms with van der Waals surface area (Å²) in [6.45, 7) is 5.58. The Hall–Kier alpha value is -1.78. The lowest BCUT2D eigenvalue weighted by Crippen LogP contribution is -2.42. The molecular weight excluding hydrogens is 268 g/mol. The number of carbonyl (C=O) groups is 2. The third kappa shape index (κ3) is 3.12. The number of aromatic nitrogens is 1. The molecule has 0 bridgehead atoms. The third-order valence-electron chi connectivity index (χ3n) is 4.63. The van der Waals surface area contributed by atoms with Crippen molar-refractivity contribution in [1.82, 2.24) is 10.3 Å². The first kappa shape index (κ1) is 15.6. The number of hydrogen-bond acceptors (Lipinski definition) is 2. The second-order valence-electron chi connectivity index (χ2n) is 5.96. The van der Waals surface area contributed by atoms with E-state index in [1.807, 2.05) is 0 Å². The monoisotopic (exact) mass is 292 g/mol. The molecular formula is C16H24N2O3. The lowest BCUT2D eigenvalue weighted by molar-refractivity contribution is 0.0690. The van der Waals surface area contributed by atoms with Gasteiger partial charge in [0, 0.05) is 11.7 Å². The fourth-order valence-electron chi connectivity index (χ4n) is 3.43. The fraction of sp³-hybridized carbons (Fsp3) is 0.625. The molecule has 0 aliphatic heterocycles. The molecule has 0 saturated heterocycles. The van der Waals surface area contributed by atoms with Crippen LogP contribution >= 0.6 is 0 Å². The highest BCUT2D eigenvalue weighted by Crippen LogP contribution is 2.27. The van der Waals surface area contributed by atoms with Gasteiger partial charge in [0.2, 0.25) is 0 Å². The van der Waals surface area contributed by atoms with Gasteiger partial charge in [-0.1, -0.05) is 26.2 Å². The standard InChI is InChI=1S/C16H24N2O3/c1-4-11-7-5-6-8-12(11)18-15(19)13-9(2)14(16(20)21)17-10(13)3/h11-12,17H,4-8H2,1-3H3,(H,18,19)(H,20,21). The maximum Gasteiger partial charge on any atom is 0.352 e. The van der Waals surface area contributed by atoms with Crippen molar-refractivity contribution in [3.8, 4) is 0 Å². The number of H-pyrrole nitrogens is 1. The topological polar surface area (TPSA) is 82.2 Å². The molecule has 2 rings (SSSR count). The van der Waals surface area contributed by atoms with Gasteiger partial charge in [0.05, 0.1) is 5.56 Å². The molecule has 0 aromatic carbocycles. The molecule has 1 aromatic heterocycles. The Morgan fingerprint density at radius 1 is 1.29 bits per heavy atom. The molecule has 1 fully saturated rings. The van der Waals surface area contributed by atoms with Crippen molar-refractivity contribution in [3.63, 3.8) is 0 Å². The molecule has 0 radical (unpaired) electrons. The Kier molecular flexibility index (Phi) is 4.70. The molecule has 5 nitrogen and oxygen atoms in total. The fourth-order valence-corrected chi connectivity index (χ4v) is 3.43. The summed E-state index contributed by atoms with van der Waals surface area (Å²) < 4.78 is 0. The Bertz CT molecular complexity index is 548. The minimum Gasteiger partial charge on any atom is -0.477 e.